The standard InChI is InChI=1S/C19H23N5OS/c1-3-24-15-10-6-5-9-14(15)16-17(24)20-19(22-21-16)26-13(2)18(25)23-11-7-4-8-12-23/h5-6,9-10,13H,3-4,7-8,11-12H2,1-2H3/t13-/m1/s1. The number of piperidine rings is 1. The highest BCUT2D eigenvalue weighted by atomic mass is 32.2. The molecule has 6 nitrogen and oxygen atoms in total. The Hall–Kier alpha value is -2.15. The lowest BCUT2D eigenvalue weighted by atomic mass is 10.1. The summed E-state index contributed by atoms with van der Waals surface area (Å²) in [5.41, 5.74) is 2.78. The topological polar surface area (TPSA) is 63.9 Å². The Morgan fingerprint density at radius 3 is 2.73 bits per heavy atom. The van der Waals surface area contributed by atoms with Crippen LogP contribution in [0.5, 0.6) is 0 Å². The maximum Gasteiger partial charge on any atom is 0.235 e. The molecule has 1 saturated heterocycles. The van der Waals surface area contributed by atoms with Crippen LogP contribution in [0.15, 0.2) is 29.4 Å². The molecule has 1 aliphatic heterocycles. The molecule has 0 spiro atoms. The highest BCUT2D eigenvalue weighted by Crippen LogP contribution is 2.28. The quantitative estimate of drug-likeness (QED) is 0.659. The van der Waals surface area contributed by atoms with E-state index in [0.29, 0.717) is 5.16 Å². The molecule has 1 aliphatic rings. The van der Waals surface area contributed by atoms with Crippen LogP contribution < -0.4 is 0 Å². The van der Waals surface area contributed by atoms with E-state index in [1.807, 2.05) is 24.0 Å². The van der Waals surface area contributed by atoms with E-state index in [9.17, 15) is 4.79 Å². The van der Waals surface area contributed by atoms with Gasteiger partial charge in [0.1, 0.15) is 5.52 Å². The fourth-order valence-corrected chi connectivity index (χ4v) is 4.43. The summed E-state index contributed by atoms with van der Waals surface area (Å²) < 4.78 is 2.15. The number of aryl methyl sites for hydroxylation is 1. The first-order valence-corrected chi connectivity index (χ1v) is 10.1. The summed E-state index contributed by atoms with van der Waals surface area (Å²) in [4.78, 5) is 19.4. The van der Waals surface area contributed by atoms with Gasteiger partial charge < -0.3 is 9.47 Å². The molecule has 1 aromatic carbocycles. The zero-order valence-electron chi connectivity index (χ0n) is 15.2. The molecule has 0 unspecified atom stereocenters. The number of carbonyl (C=O) groups is 1. The van der Waals surface area contributed by atoms with Gasteiger partial charge in [-0.15, -0.1) is 10.2 Å². The number of thioether (sulfide) groups is 1. The SMILES string of the molecule is CCn1c2ccccc2c2nnc(S[C@H](C)C(=O)N3CCCCC3)nc21. The Bertz CT molecular complexity index is 948. The monoisotopic (exact) mass is 369 g/mol. The van der Waals surface area contributed by atoms with Crippen molar-refractivity contribution in [3.05, 3.63) is 24.3 Å². The van der Waals surface area contributed by atoms with Crippen LogP contribution in [0.1, 0.15) is 33.1 Å². The maximum atomic E-state index is 12.7. The molecule has 0 bridgehead atoms. The Balaban J connectivity index is 1.63. The van der Waals surface area contributed by atoms with Crippen molar-refractivity contribution in [2.24, 2.45) is 0 Å². The van der Waals surface area contributed by atoms with E-state index in [2.05, 4.69) is 33.8 Å². The zero-order chi connectivity index (χ0) is 18.1. The van der Waals surface area contributed by atoms with Crippen LogP contribution >= 0.6 is 11.8 Å². The molecule has 3 heterocycles. The van der Waals surface area contributed by atoms with Gasteiger partial charge in [0.2, 0.25) is 11.1 Å². The second-order valence-electron chi connectivity index (χ2n) is 6.67. The van der Waals surface area contributed by atoms with E-state index in [1.54, 1.807) is 0 Å². The number of hydrogen-bond acceptors (Lipinski definition) is 5. The summed E-state index contributed by atoms with van der Waals surface area (Å²) in [6.45, 7) is 6.58. The minimum Gasteiger partial charge on any atom is -0.342 e. The van der Waals surface area contributed by atoms with Gasteiger partial charge in [-0.2, -0.15) is 0 Å². The van der Waals surface area contributed by atoms with Crippen LogP contribution in [-0.2, 0) is 11.3 Å². The first-order valence-electron chi connectivity index (χ1n) is 9.26. The van der Waals surface area contributed by atoms with Gasteiger partial charge >= 0.3 is 0 Å². The maximum absolute atomic E-state index is 12.7. The number of para-hydroxylation sites is 1. The minimum atomic E-state index is -0.202. The first-order chi connectivity index (χ1) is 12.7. The number of fused-ring (bicyclic) bond motifs is 3. The lowest BCUT2D eigenvalue weighted by Crippen LogP contribution is -2.40. The summed E-state index contributed by atoms with van der Waals surface area (Å²) in [5, 5.41) is 10.1. The lowest BCUT2D eigenvalue weighted by molar-refractivity contribution is -0.131. The number of amides is 1. The van der Waals surface area contributed by atoms with Gasteiger partial charge in [0.05, 0.1) is 10.8 Å². The fraction of sp³-hybridized carbons (Fsp3) is 0.474. The second kappa shape index (κ2) is 7.23. The molecule has 4 rings (SSSR count). The van der Waals surface area contributed by atoms with Gasteiger partial charge in [-0.1, -0.05) is 30.0 Å². The molecule has 0 saturated carbocycles. The first kappa shape index (κ1) is 17.3. The van der Waals surface area contributed by atoms with Crippen molar-refractivity contribution < 1.29 is 4.79 Å². The number of hydrogen-bond donors (Lipinski definition) is 0. The summed E-state index contributed by atoms with van der Waals surface area (Å²) in [6.07, 6.45) is 3.42. The van der Waals surface area contributed by atoms with Crippen molar-refractivity contribution in [2.75, 3.05) is 13.1 Å². The van der Waals surface area contributed by atoms with E-state index < -0.39 is 0 Å². The smallest absolute Gasteiger partial charge is 0.235 e. The summed E-state index contributed by atoms with van der Waals surface area (Å²) in [6, 6.07) is 8.16. The Morgan fingerprint density at radius 2 is 1.96 bits per heavy atom. The second-order valence-corrected chi connectivity index (χ2v) is 7.98. The zero-order valence-corrected chi connectivity index (χ0v) is 16.0. The van der Waals surface area contributed by atoms with Crippen molar-refractivity contribution in [1.82, 2.24) is 24.6 Å². The van der Waals surface area contributed by atoms with Gasteiger partial charge in [-0.25, -0.2) is 4.98 Å². The van der Waals surface area contributed by atoms with E-state index in [-0.39, 0.29) is 11.2 Å². The molecule has 0 N–H and O–H groups in total. The third kappa shape index (κ3) is 3.05. The molecular weight excluding hydrogens is 346 g/mol. The highest BCUT2D eigenvalue weighted by Gasteiger charge is 2.24. The molecule has 1 fully saturated rings. The normalized spacial score (nSPS) is 16.3. The molecule has 0 radical (unpaired) electrons. The predicted molar refractivity (Wildman–Crippen MR) is 104 cm³/mol. The van der Waals surface area contributed by atoms with Crippen LogP contribution in [0.25, 0.3) is 22.1 Å². The van der Waals surface area contributed by atoms with Crippen molar-refractivity contribution in [1.29, 1.82) is 0 Å². The Labute approximate surface area is 157 Å². The van der Waals surface area contributed by atoms with Crippen molar-refractivity contribution >= 4 is 39.7 Å². The third-order valence-electron chi connectivity index (χ3n) is 4.97. The lowest BCUT2D eigenvalue weighted by Gasteiger charge is -2.28. The minimum absolute atomic E-state index is 0.175. The summed E-state index contributed by atoms with van der Waals surface area (Å²) >= 11 is 1.40. The molecule has 26 heavy (non-hydrogen) atoms. The number of benzene rings is 1. The Morgan fingerprint density at radius 1 is 1.19 bits per heavy atom. The summed E-state index contributed by atoms with van der Waals surface area (Å²) in [5.74, 6) is 0.175. The van der Waals surface area contributed by atoms with E-state index >= 15 is 0 Å². The molecule has 136 valence electrons. The van der Waals surface area contributed by atoms with Crippen LogP contribution in [0.2, 0.25) is 0 Å². The van der Waals surface area contributed by atoms with Crippen LogP contribution in [0, 0.1) is 0 Å². The number of nitrogens with zero attached hydrogens (tertiary/aromatic N) is 5. The van der Waals surface area contributed by atoms with E-state index in [0.717, 1.165) is 54.5 Å². The molecule has 1 amide bonds. The number of likely N-dealkylation sites (tertiary alicyclic amines) is 1. The number of aromatic nitrogens is 4. The highest BCUT2D eigenvalue weighted by molar-refractivity contribution is 8.00. The average Bonchev–Trinajstić information content (AvgIpc) is 3.01. The van der Waals surface area contributed by atoms with Gasteiger partial charge in [-0.3, -0.25) is 4.79 Å². The van der Waals surface area contributed by atoms with E-state index in [1.165, 1.54) is 18.2 Å². The molecule has 2 aromatic heterocycles. The molecule has 1 atom stereocenters. The Kier molecular flexibility index (Phi) is 4.80. The molecular formula is C19H23N5OS. The van der Waals surface area contributed by atoms with Crippen molar-refractivity contribution in [3.8, 4) is 0 Å². The van der Waals surface area contributed by atoms with E-state index in [4.69, 9.17) is 4.98 Å². The largest absolute Gasteiger partial charge is 0.342 e. The van der Waals surface area contributed by atoms with Crippen molar-refractivity contribution in [3.63, 3.8) is 0 Å². The third-order valence-corrected chi connectivity index (χ3v) is 5.91. The van der Waals surface area contributed by atoms with Crippen LogP contribution in [0.3, 0.4) is 0 Å². The van der Waals surface area contributed by atoms with Gasteiger partial charge in [0.25, 0.3) is 0 Å². The number of carbonyl (C=O) groups excluding carboxylic acids is 1. The predicted octanol–water partition coefficient (Wildman–Crippen LogP) is 3.49. The van der Waals surface area contributed by atoms with Gasteiger partial charge in [0.15, 0.2) is 5.65 Å². The van der Waals surface area contributed by atoms with Gasteiger partial charge in [0, 0.05) is 25.0 Å². The van der Waals surface area contributed by atoms with Crippen LogP contribution in [-0.4, -0.2) is 48.9 Å². The van der Waals surface area contributed by atoms with Gasteiger partial charge in [-0.05, 0) is 39.2 Å². The number of rotatable bonds is 4. The van der Waals surface area contributed by atoms with Crippen molar-refractivity contribution in [2.45, 2.75) is 50.1 Å². The molecule has 3 aromatic rings. The molecule has 7 heteroatoms. The molecule has 0 aliphatic carbocycles. The van der Waals surface area contributed by atoms with Crippen LogP contribution in [0.4, 0.5) is 0 Å². The fourth-order valence-electron chi connectivity index (χ4n) is 3.64. The summed E-state index contributed by atoms with van der Waals surface area (Å²) in [7, 11) is 0. The average molecular weight is 369 g/mol.